The molecule has 0 aromatic carbocycles. The molecular weight excluding hydrogens is 230 g/mol. The van der Waals surface area contributed by atoms with Crippen LogP contribution in [-0.4, -0.2) is 30.0 Å². The van der Waals surface area contributed by atoms with Crippen LogP contribution in [0.15, 0.2) is 10.5 Å². The van der Waals surface area contributed by atoms with Crippen LogP contribution in [0.25, 0.3) is 0 Å². The van der Waals surface area contributed by atoms with E-state index in [4.69, 9.17) is 4.84 Å². The number of thiazole rings is 1. The van der Waals surface area contributed by atoms with Crippen LogP contribution in [0.1, 0.15) is 19.0 Å². The van der Waals surface area contributed by atoms with Crippen LogP contribution in [0, 0.1) is 0 Å². The predicted octanol–water partition coefficient (Wildman–Crippen LogP) is 1.04. The zero-order valence-corrected chi connectivity index (χ0v) is 9.49. The summed E-state index contributed by atoms with van der Waals surface area (Å²) in [7, 11) is 0. The Kier molecular flexibility index (Phi) is 5.13. The number of amides is 1. The van der Waals surface area contributed by atoms with Crippen molar-refractivity contribution >= 4 is 34.9 Å². The van der Waals surface area contributed by atoms with Gasteiger partial charge < -0.3 is 10.2 Å². The highest BCUT2D eigenvalue weighted by Gasteiger charge is 2.08. The number of oxime groups is 1. The molecule has 0 saturated carbocycles. The number of aldehydes is 1. The van der Waals surface area contributed by atoms with Crippen molar-refractivity contribution in [3.63, 3.8) is 0 Å². The summed E-state index contributed by atoms with van der Waals surface area (Å²) in [5.41, 5.74) is 0.504. The quantitative estimate of drug-likeness (QED) is 0.335. The number of aromatic nitrogens is 1. The number of rotatable bonds is 7. The standard InChI is InChI=1S/C9H11N3O3S/c1-2-3-15-12-7(4-13)8-5-16-9(11-8)10-6-14/h4-6H,2-3H2,1H3,(H,10,11,14). The van der Waals surface area contributed by atoms with E-state index >= 15 is 0 Å². The van der Waals surface area contributed by atoms with Gasteiger partial charge in [0.25, 0.3) is 0 Å². The Morgan fingerprint density at radius 2 is 2.50 bits per heavy atom. The van der Waals surface area contributed by atoms with Crippen LogP contribution in [0.5, 0.6) is 0 Å². The van der Waals surface area contributed by atoms with Crippen molar-refractivity contribution in [3.8, 4) is 0 Å². The average molecular weight is 241 g/mol. The predicted molar refractivity (Wildman–Crippen MR) is 60.6 cm³/mol. The van der Waals surface area contributed by atoms with E-state index in [0.29, 0.717) is 30.1 Å². The number of carbonyl (C=O) groups is 2. The summed E-state index contributed by atoms with van der Waals surface area (Å²) in [6, 6.07) is 0. The minimum absolute atomic E-state index is 0.114. The van der Waals surface area contributed by atoms with Crippen LogP contribution >= 0.6 is 11.3 Å². The summed E-state index contributed by atoms with van der Waals surface area (Å²) < 4.78 is 0. The van der Waals surface area contributed by atoms with Gasteiger partial charge in [-0.3, -0.25) is 9.59 Å². The number of hydrogen-bond donors (Lipinski definition) is 1. The van der Waals surface area contributed by atoms with Crippen molar-refractivity contribution in [1.82, 2.24) is 4.98 Å². The molecule has 1 aromatic rings. The largest absolute Gasteiger partial charge is 0.395 e. The molecule has 0 aliphatic carbocycles. The first-order valence-electron chi connectivity index (χ1n) is 4.63. The molecule has 0 saturated heterocycles. The van der Waals surface area contributed by atoms with Crippen molar-refractivity contribution < 1.29 is 14.4 Å². The van der Waals surface area contributed by atoms with Crippen molar-refractivity contribution in [2.75, 3.05) is 11.9 Å². The monoisotopic (exact) mass is 241 g/mol. The molecule has 1 amide bonds. The van der Waals surface area contributed by atoms with E-state index < -0.39 is 0 Å². The average Bonchev–Trinajstić information content (AvgIpc) is 2.74. The van der Waals surface area contributed by atoms with Gasteiger partial charge >= 0.3 is 0 Å². The van der Waals surface area contributed by atoms with E-state index in [9.17, 15) is 9.59 Å². The number of hydrogen-bond acceptors (Lipinski definition) is 6. The van der Waals surface area contributed by atoms with Gasteiger partial charge in [-0.15, -0.1) is 11.3 Å². The molecule has 0 spiro atoms. The molecule has 1 aromatic heterocycles. The normalized spacial score (nSPS) is 10.9. The summed E-state index contributed by atoms with van der Waals surface area (Å²) in [5.74, 6) is 0. The van der Waals surface area contributed by atoms with Crippen molar-refractivity contribution in [1.29, 1.82) is 0 Å². The third-order valence-corrected chi connectivity index (χ3v) is 2.29. The lowest BCUT2D eigenvalue weighted by molar-refractivity contribution is -0.105. The lowest BCUT2D eigenvalue weighted by Crippen LogP contribution is -2.05. The highest BCUT2D eigenvalue weighted by atomic mass is 32.1. The smallest absolute Gasteiger partial charge is 0.213 e. The lowest BCUT2D eigenvalue weighted by Gasteiger charge is -1.96. The van der Waals surface area contributed by atoms with Gasteiger partial charge in [0.1, 0.15) is 12.3 Å². The number of nitrogens with one attached hydrogen (secondary N) is 1. The topological polar surface area (TPSA) is 80.6 Å². The Morgan fingerprint density at radius 1 is 1.69 bits per heavy atom. The first-order valence-corrected chi connectivity index (χ1v) is 5.51. The first-order chi connectivity index (χ1) is 7.81. The highest BCUT2D eigenvalue weighted by molar-refractivity contribution is 7.14. The number of carbonyl (C=O) groups excluding carboxylic acids is 2. The van der Waals surface area contributed by atoms with Gasteiger partial charge in [0.15, 0.2) is 17.1 Å². The first kappa shape index (κ1) is 12.3. The zero-order chi connectivity index (χ0) is 11.8. The zero-order valence-electron chi connectivity index (χ0n) is 8.67. The summed E-state index contributed by atoms with van der Waals surface area (Å²) in [6.45, 7) is 2.38. The van der Waals surface area contributed by atoms with E-state index in [1.165, 1.54) is 11.3 Å². The summed E-state index contributed by atoms with van der Waals surface area (Å²) in [5, 5.41) is 8.07. The van der Waals surface area contributed by atoms with Gasteiger partial charge in [0.05, 0.1) is 0 Å². The molecule has 0 aliphatic heterocycles. The van der Waals surface area contributed by atoms with Gasteiger partial charge in [-0.05, 0) is 6.42 Å². The Hall–Kier alpha value is -1.76. The molecule has 0 fully saturated rings. The molecule has 86 valence electrons. The van der Waals surface area contributed by atoms with Crippen molar-refractivity contribution in [2.24, 2.45) is 5.16 Å². The number of anilines is 1. The van der Waals surface area contributed by atoms with E-state index in [-0.39, 0.29) is 5.71 Å². The van der Waals surface area contributed by atoms with Gasteiger partial charge in [-0.25, -0.2) is 4.98 Å². The molecule has 1 heterocycles. The molecule has 1 rings (SSSR count). The molecule has 1 N–H and O–H groups in total. The lowest BCUT2D eigenvalue weighted by atomic mass is 10.3. The molecule has 0 bridgehead atoms. The van der Waals surface area contributed by atoms with E-state index in [1.54, 1.807) is 5.38 Å². The summed E-state index contributed by atoms with van der Waals surface area (Å²) in [4.78, 5) is 29.8. The van der Waals surface area contributed by atoms with Crippen LogP contribution in [-0.2, 0) is 14.4 Å². The van der Waals surface area contributed by atoms with Crippen LogP contribution in [0.3, 0.4) is 0 Å². The molecule has 16 heavy (non-hydrogen) atoms. The molecule has 0 radical (unpaired) electrons. The Morgan fingerprint density at radius 3 is 3.12 bits per heavy atom. The third-order valence-electron chi connectivity index (χ3n) is 1.52. The van der Waals surface area contributed by atoms with Gasteiger partial charge in [0, 0.05) is 5.38 Å². The summed E-state index contributed by atoms with van der Waals surface area (Å²) in [6.07, 6.45) is 1.90. The fourth-order valence-electron chi connectivity index (χ4n) is 0.843. The molecule has 0 aliphatic rings. The maximum atomic E-state index is 10.7. The highest BCUT2D eigenvalue weighted by Crippen LogP contribution is 2.14. The second-order valence-electron chi connectivity index (χ2n) is 2.73. The molecule has 6 nitrogen and oxygen atoms in total. The second-order valence-corrected chi connectivity index (χ2v) is 3.59. The molecule has 0 unspecified atom stereocenters. The third kappa shape index (κ3) is 3.43. The Balaban J connectivity index is 2.74. The Labute approximate surface area is 96.3 Å². The van der Waals surface area contributed by atoms with Crippen molar-refractivity contribution in [2.45, 2.75) is 13.3 Å². The minimum atomic E-state index is 0.114. The van der Waals surface area contributed by atoms with Crippen LogP contribution < -0.4 is 5.32 Å². The maximum absolute atomic E-state index is 10.7. The fourth-order valence-corrected chi connectivity index (χ4v) is 1.51. The molecule has 7 heteroatoms. The van der Waals surface area contributed by atoms with Crippen molar-refractivity contribution in [3.05, 3.63) is 11.1 Å². The molecular formula is C9H11N3O3S. The second kappa shape index (κ2) is 6.67. The minimum Gasteiger partial charge on any atom is -0.395 e. The van der Waals surface area contributed by atoms with E-state index in [0.717, 1.165) is 6.42 Å². The van der Waals surface area contributed by atoms with E-state index in [1.807, 2.05) is 6.92 Å². The number of nitrogens with zero attached hydrogens (tertiary/aromatic N) is 2. The SMILES string of the molecule is CCCON=C(C=O)c1csc(NC=O)n1. The van der Waals surface area contributed by atoms with E-state index in [2.05, 4.69) is 15.5 Å². The van der Waals surface area contributed by atoms with Crippen LogP contribution in [0.2, 0.25) is 0 Å². The Bertz CT molecular complexity index is 389. The van der Waals surface area contributed by atoms with Gasteiger partial charge in [0.2, 0.25) is 6.41 Å². The van der Waals surface area contributed by atoms with Gasteiger partial charge in [-0.1, -0.05) is 12.1 Å². The molecule has 0 atom stereocenters. The summed E-state index contributed by atoms with van der Waals surface area (Å²) >= 11 is 1.21. The van der Waals surface area contributed by atoms with Crippen LogP contribution in [0.4, 0.5) is 5.13 Å². The fraction of sp³-hybridized carbons (Fsp3) is 0.333. The van der Waals surface area contributed by atoms with Gasteiger partial charge in [-0.2, -0.15) is 0 Å². The maximum Gasteiger partial charge on any atom is 0.213 e.